The first kappa shape index (κ1) is 99.9. The quantitative estimate of drug-likeness (QED) is 0.0169. The van der Waals surface area contributed by atoms with Gasteiger partial charge in [-0.25, -0.2) is 9.13 Å². The molecule has 0 saturated heterocycles. The summed E-state index contributed by atoms with van der Waals surface area (Å²) < 4.78 is 68.4. The molecule has 3 N–H and O–H groups in total. The van der Waals surface area contributed by atoms with Crippen molar-refractivity contribution in [2.45, 2.75) is 290 Å². The predicted molar refractivity (Wildman–Crippen MR) is 436 cm³/mol. The maximum atomic E-state index is 13.1. The number of hydrogen-bond donors (Lipinski definition) is 3. The molecule has 5 atom stereocenters. The summed E-state index contributed by atoms with van der Waals surface area (Å²) in [6.45, 7) is 4.30. The second kappa shape index (κ2) is 77.1. The van der Waals surface area contributed by atoms with Crippen LogP contribution < -0.4 is 0 Å². The van der Waals surface area contributed by atoms with Gasteiger partial charge in [0, 0.05) is 25.7 Å². The van der Waals surface area contributed by atoms with Crippen molar-refractivity contribution in [2.75, 3.05) is 39.6 Å². The van der Waals surface area contributed by atoms with Crippen LogP contribution in [0.4, 0.5) is 0 Å². The van der Waals surface area contributed by atoms with Gasteiger partial charge in [-0.15, -0.1) is 0 Å². The molecular weight excluding hydrogens is 1380 g/mol. The molecule has 0 fully saturated rings. The summed E-state index contributed by atoms with van der Waals surface area (Å²) in [5, 5.41) is 10.6. The van der Waals surface area contributed by atoms with E-state index in [4.69, 9.17) is 37.0 Å². The molecule has 0 aromatic carbocycles. The molecule has 0 aliphatic heterocycles. The van der Waals surface area contributed by atoms with Crippen LogP contribution in [0.5, 0.6) is 0 Å². The van der Waals surface area contributed by atoms with Gasteiger partial charge in [0.15, 0.2) is 12.2 Å². The van der Waals surface area contributed by atoms with Crippen LogP contribution in [0.2, 0.25) is 0 Å². The van der Waals surface area contributed by atoms with Gasteiger partial charge >= 0.3 is 39.5 Å². The van der Waals surface area contributed by atoms with Crippen LogP contribution in [0.25, 0.3) is 0 Å². The molecule has 106 heavy (non-hydrogen) atoms. The maximum absolute atomic E-state index is 13.1. The SMILES string of the molecule is CC/C=C\C/C=C\C/C=C\C/C=C\C/C=C\C/C=C\CCC(=O)OCC(COP(=O)(O)OCC(O)COP(=O)(O)OCC(COC(=O)CCCCC/C=C\C/C=C\C/C=C\C/C=C\C/C=C\CC)OC(=O)CCCC/C=C\C/C=C\C/C=C\C/C=C\CC)OC(=O)CCCCCCC/C=C\CCCCCC. The van der Waals surface area contributed by atoms with Crippen molar-refractivity contribution in [1.82, 2.24) is 0 Å². The summed E-state index contributed by atoms with van der Waals surface area (Å²) in [6.07, 6.45) is 94.4. The van der Waals surface area contributed by atoms with Gasteiger partial charge in [0.2, 0.25) is 0 Å². The molecule has 0 aromatic heterocycles. The fourth-order valence-electron chi connectivity index (χ4n) is 9.61. The van der Waals surface area contributed by atoms with Crippen molar-refractivity contribution < 1.29 is 80.2 Å². The molecule has 0 rings (SSSR count). The van der Waals surface area contributed by atoms with Crippen LogP contribution >= 0.6 is 15.6 Å². The first-order valence-electron chi connectivity index (χ1n) is 39.7. The highest BCUT2D eigenvalue weighted by Crippen LogP contribution is 2.45. The van der Waals surface area contributed by atoms with Gasteiger partial charge in [-0.3, -0.25) is 37.3 Å². The number of hydrogen-bond acceptors (Lipinski definition) is 15. The lowest BCUT2D eigenvalue weighted by Gasteiger charge is -2.21. The van der Waals surface area contributed by atoms with E-state index in [0.29, 0.717) is 38.5 Å². The Bertz CT molecular complexity index is 2780. The number of carbonyl (C=O) groups is 4. The van der Waals surface area contributed by atoms with Gasteiger partial charge in [-0.05, 0) is 173 Å². The molecule has 0 aliphatic rings. The lowest BCUT2D eigenvalue weighted by molar-refractivity contribution is -0.161. The van der Waals surface area contributed by atoms with Crippen molar-refractivity contribution in [3.8, 4) is 0 Å². The number of aliphatic hydroxyl groups is 1. The predicted octanol–water partition coefficient (Wildman–Crippen LogP) is 23.3. The molecule has 5 unspecified atom stereocenters. The van der Waals surface area contributed by atoms with E-state index in [1.54, 1.807) is 0 Å². The van der Waals surface area contributed by atoms with Crippen LogP contribution in [0, 0.1) is 0 Å². The van der Waals surface area contributed by atoms with Crippen LogP contribution in [0.1, 0.15) is 272 Å². The first-order chi connectivity index (χ1) is 51.7. The molecule has 19 heteroatoms. The zero-order valence-corrected chi connectivity index (χ0v) is 67.1. The molecule has 0 aromatic rings. The summed E-state index contributed by atoms with van der Waals surface area (Å²) in [5.41, 5.74) is 0. The Hall–Kier alpha value is -6.10. The average Bonchev–Trinajstić information content (AvgIpc) is 0.901. The van der Waals surface area contributed by atoms with E-state index in [1.807, 2.05) is 18.2 Å². The van der Waals surface area contributed by atoms with Gasteiger partial charge in [0.1, 0.15) is 19.3 Å². The monoisotopic (exact) mass is 1520 g/mol. The third-order valence-electron chi connectivity index (χ3n) is 15.5. The first-order valence-corrected chi connectivity index (χ1v) is 42.7. The molecular formula is C87H138O17P2. The summed E-state index contributed by atoms with van der Waals surface area (Å²) in [6, 6.07) is 0. The van der Waals surface area contributed by atoms with Gasteiger partial charge in [-0.2, -0.15) is 0 Å². The normalized spacial score (nSPS) is 14.9. The Morgan fingerprint density at radius 2 is 0.509 bits per heavy atom. The summed E-state index contributed by atoms with van der Waals surface area (Å²) >= 11 is 0. The minimum absolute atomic E-state index is 0.0252. The third-order valence-corrected chi connectivity index (χ3v) is 17.4. The number of allylic oxidation sites excluding steroid dienone is 32. The van der Waals surface area contributed by atoms with Gasteiger partial charge < -0.3 is 33.8 Å². The van der Waals surface area contributed by atoms with Crippen molar-refractivity contribution in [3.05, 3.63) is 194 Å². The number of unbranched alkanes of at least 4 members (excludes halogenated alkanes) is 14. The Morgan fingerprint density at radius 1 is 0.274 bits per heavy atom. The highest BCUT2D eigenvalue weighted by atomic mass is 31.2. The standard InChI is InChI=1S/C87H138O17P2/c1-5-9-13-17-21-25-29-33-36-38-40-42-45-48-51-55-59-63-67-71-84(89)97-77-82(103-86(91)73-69-65-61-57-53-47-32-28-24-20-16-12-8-4)79-101-105(93,94)99-75-81(88)76-100-106(95,96)102-80-83(104-87(92)74-70-66-62-58-54-50-44-35-31-27-23-19-15-11-7-3)78-98-85(90)72-68-64-60-56-52-49-46-43-41-39-37-34-30-26-22-18-14-10-6-2/h9-11,13-15,21-23,25-28,32-37,40-44,48-49,51-52,54,58-59,63,81-83,88H,5-8,12,16-20,24,29-31,38-39,45-47,50,53,55-57,60-62,64-80H2,1-4H3,(H,93,94)(H,95,96)/b13-9-,14-10-,15-11-,25-21-,26-22-,27-23-,32-28-,36-33-,37-34-,42-40-,43-41-,44-35-,51-48-,52-49-,58-54-,63-59-. The molecule has 598 valence electrons. The highest BCUT2D eigenvalue weighted by molar-refractivity contribution is 7.47. The van der Waals surface area contributed by atoms with Crippen molar-refractivity contribution in [1.29, 1.82) is 0 Å². The van der Waals surface area contributed by atoms with Crippen molar-refractivity contribution in [3.63, 3.8) is 0 Å². The van der Waals surface area contributed by atoms with E-state index in [0.717, 1.165) is 154 Å². The maximum Gasteiger partial charge on any atom is 0.472 e. The number of esters is 4. The minimum Gasteiger partial charge on any atom is -0.462 e. The number of aliphatic hydroxyl groups excluding tert-OH is 1. The minimum atomic E-state index is -5.01. The number of ether oxygens (including phenoxy) is 4. The summed E-state index contributed by atoms with van der Waals surface area (Å²) in [7, 11) is -10.0. The summed E-state index contributed by atoms with van der Waals surface area (Å²) in [5.74, 6) is -2.39. The Balaban J connectivity index is 5.50. The van der Waals surface area contributed by atoms with Gasteiger partial charge in [-0.1, -0.05) is 267 Å². The second-order valence-corrected chi connectivity index (χ2v) is 28.4. The number of carbonyl (C=O) groups excluding carboxylic acids is 4. The molecule has 0 amide bonds. The average molecular weight is 1520 g/mol. The zero-order valence-electron chi connectivity index (χ0n) is 65.3. The number of rotatable bonds is 72. The second-order valence-electron chi connectivity index (χ2n) is 25.5. The van der Waals surface area contributed by atoms with Gasteiger partial charge in [0.25, 0.3) is 0 Å². The smallest absolute Gasteiger partial charge is 0.462 e. The summed E-state index contributed by atoms with van der Waals surface area (Å²) in [4.78, 5) is 73.0. The molecule has 0 heterocycles. The van der Waals surface area contributed by atoms with Crippen LogP contribution in [-0.4, -0.2) is 96.7 Å². The lowest BCUT2D eigenvalue weighted by atomic mass is 10.1. The molecule has 0 radical (unpaired) electrons. The van der Waals surface area contributed by atoms with Crippen LogP contribution in [0.3, 0.4) is 0 Å². The zero-order chi connectivity index (χ0) is 77.4. The van der Waals surface area contributed by atoms with E-state index < -0.39 is 97.5 Å². The van der Waals surface area contributed by atoms with E-state index in [2.05, 4.69) is 204 Å². The van der Waals surface area contributed by atoms with E-state index >= 15 is 0 Å². The largest absolute Gasteiger partial charge is 0.472 e. The third kappa shape index (κ3) is 76.1. The van der Waals surface area contributed by atoms with Crippen molar-refractivity contribution in [2.24, 2.45) is 0 Å². The van der Waals surface area contributed by atoms with Crippen LogP contribution in [-0.2, 0) is 65.4 Å². The van der Waals surface area contributed by atoms with Crippen molar-refractivity contribution >= 4 is 39.5 Å². The lowest BCUT2D eigenvalue weighted by Crippen LogP contribution is -2.30. The molecule has 0 spiro atoms. The Kier molecular flexibility index (Phi) is 72.6. The molecule has 0 saturated carbocycles. The Morgan fingerprint density at radius 3 is 0.849 bits per heavy atom. The van der Waals surface area contributed by atoms with Crippen LogP contribution in [0.15, 0.2) is 194 Å². The van der Waals surface area contributed by atoms with E-state index in [-0.39, 0.29) is 25.7 Å². The Labute approximate surface area is 640 Å². The highest BCUT2D eigenvalue weighted by Gasteiger charge is 2.30. The number of phosphoric ester groups is 2. The molecule has 0 bridgehead atoms. The van der Waals surface area contributed by atoms with E-state index in [9.17, 15) is 43.2 Å². The topological polar surface area (TPSA) is 237 Å². The number of phosphoric acid groups is 2. The molecule has 17 nitrogen and oxygen atoms in total. The van der Waals surface area contributed by atoms with Gasteiger partial charge in [0.05, 0.1) is 26.4 Å². The molecule has 0 aliphatic carbocycles. The fraction of sp³-hybridized carbons (Fsp3) is 0.586. The van der Waals surface area contributed by atoms with E-state index in [1.165, 1.54) is 25.7 Å². The fourth-order valence-corrected chi connectivity index (χ4v) is 11.2.